The van der Waals surface area contributed by atoms with E-state index in [1.54, 1.807) is 18.0 Å². The molecule has 1 aromatic heterocycles. The molecule has 6 heteroatoms. The van der Waals surface area contributed by atoms with Gasteiger partial charge in [0.1, 0.15) is 5.02 Å². The molecule has 0 radical (unpaired) electrons. The zero-order valence-electron chi connectivity index (χ0n) is 13.8. The second-order valence-electron chi connectivity index (χ2n) is 5.51. The minimum atomic E-state index is -0.330. The first-order valence-corrected chi connectivity index (χ1v) is 9.28. The van der Waals surface area contributed by atoms with Crippen LogP contribution in [-0.2, 0) is 0 Å². The second-order valence-corrected chi connectivity index (χ2v) is 7.06. The van der Waals surface area contributed by atoms with Crippen molar-refractivity contribution in [2.75, 3.05) is 17.6 Å². The number of nitrogens with one attached hydrogen (secondary N) is 1. The van der Waals surface area contributed by atoms with Gasteiger partial charge in [-0.15, -0.1) is 11.8 Å². The van der Waals surface area contributed by atoms with Crippen molar-refractivity contribution in [1.82, 2.24) is 9.78 Å². The highest BCUT2D eigenvalue weighted by Gasteiger charge is 2.10. The predicted molar refractivity (Wildman–Crippen MR) is 105 cm³/mol. The summed E-state index contributed by atoms with van der Waals surface area (Å²) in [6, 6.07) is 17.6. The van der Waals surface area contributed by atoms with Gasteiger partial charge in [0.05, 0.1) is 17.6 Å². The molecule has 0 spiro atoms. The van der Waals surface area contributed by atoms with E-state index in [-0.39, 0.29) is 10.6 Å². The van der Waals surface area contributed by atoms with Gasteiger partial charge in [-0.1, -0.05) is 47.5 Å². The van der Waals surface area contributed by atoms with Gasteiger partial charge in [-0.3, -0.25) is 4.79 Å². The van der Waals surface area contributed by atoms with Crippen LogP contribution >= 0.6 is 23.4 Å². The third kappa shape index (κ3) is 4.44. The first-order chi connectivity index (χ1) is 12.1. The van der Waals surface area contributed by atoms with Crippen LogP contribution in [0, 0.1) is 6.92 Å². The zero-order valence-corrected chi connectivity index (χ0v) is 15.3. The summed E-state index contributed by atoms with van der Waals surface area (Å²) in [4.78, 5) is 13.6. The fraction of sp³-hybridized carbons (Fsp3) is 0.158. The van der Waals surface area contributed by atoms with E-state index < -0.39 is 0 Å². The van der Waals surface area contributed by atoms with Crippen LogP contribution in [-0.4, -0.2) is 22.1 Å². The summed E-state index contributed by atoms with van der Waals surface area (Å²) >= 11 is 7.97. The van der Waals surface area contributed by atoms with Gasteiger partial charge in [-0.25, -0.2) is 0 Å². The third-order valence-electron chi connectivity index (χ3n) is 3.63. The Morgan fingerprint density at radius 3 is 2.56 bits per heavy atom. The van der Waals surface area contributed by atoms with E-state index in [1.165, 1.54) is 15.1 Å². The molecule has 3 aromatic rings. The highest BCUT2D eigenvalue weighted by molar-refractivity contribution is 7.99. The topological polar surface area (TPSA) is 46.9 Å². The second kappa shape index (κ2) is 8.23. The van der Waals surface area contributed by atoms with Gasteiger partial charge in [0.15, 0.2) is 0 Å². The summed E-state index contributed by atoms with van der Waals surface area (Å²) in [6.07, 6.45) is 1.59. The first kappa shape index (κ1) is 17.6. The lowest BCUT2D eigenvalue weighted by atomic mass is 10.2. The van der Waals surface area contributed by atoms with Crippen molar-refractivity contribution in [2.24, 2.45) is 0 Å². The fourth-order valence-corrected chi connectivity index (χ4v) is 3.26. The molecule has 3 rings (SSSR count). The van der Waals surface area contributed by atoms with Crippen LogP contribution in [0.3, 0.4) is 0 Å². The molecule has 0 bridgehead atoms. The molecule has 4 nitrogen and oxygen atoms in total. The van der Waals surface area contributed by atoms with Crippen molar-refractivity contribution >= 4 is 29.1 Å². The maximum absolute atomic E-state index is 12.4. The summed E-state index contributed by atoms with van der Waals surface area (Å²) in [6.45, 7) is 2.76. The number of aryl methyl sites for hydroxylation is 1. The van der Waals surface area contributed by atoms with Crippen molar-refractivity contribution in [1.29, 1.82) is 0 Å². The minimum Gasteiger partial charge on any atom is -0.382 e. The molecule has 2 aromatic carbocycles. The number of anilines is 1. The van der Waals surface area contributed by atoms with Crippen molar-refractivity contribution in [3.05, 3.63) is 81.7 Å². The lowest BCUT2D eigenvalue weighted by Crippen LogP contribution is -2.23. The number of para-hydroxylation sites is 1. The Morgan fingerprint density at radius 1 is 1.12 bits per heavy atom. The van der Waals surface area contributed by atoms with E-state index in [4.69, 9.17) is 11.6 Å². The Labute approximate surface area is 155 Å². The van der Waals surface area contributed by atoms with E-state index in [0.717, 1.165) is 5.75 Å². The highest BCUT2D eigenvalue weighted by atomic mass is 35.5. The van der Waals surface area contributed by atoms with Crippen molar-refractivity contribution in [3.63, 3.8) is 0 Å². The summed E-state index contributed by atoms with van der Waals surface area (Å²) in [5.74, 6) is 0.862. The highest BCUT2D eigenvalue weighted by Crippen LogP contribution is 2.20. The predicted octanol–water partition coefficient (Wildman–Crippen LogP) is 4.40. The minimum absolute atomic E-state index is 0.152. The van der Waals surface area contributed by atoms with E-state index in [0.29, 0.717) is 17.9 Å². The molecule has 1 N–H and O–H groups in total. The van der Waals surface area contributed by atoms with E-state index >= 15 is 0 Å². The normalized spacial score (nSPS) is 10.6. The average Bonchev–Trinajstić information content (AvgIpc) is 2.64. The number of halogens is 1. The molecule has 25 heavy (non-hydrogen) atoms. The van der Waals surface area contributed by atoms with Gasteiger partial charge in [0.2, 0.25) is 0 Å². The number of aromatic nitrogens is 2. The molecule has 0 aliphatic carbocycles. The zero-order chi connectivity index (χ0) is 17.6. The molecule has 128 valence electrons. The smallest absolute Gasteiger partial charge is 0.292 e. The lowest BCUT2D eigenvalue weighted by molar-refractivity contribution is 0.807. The van der Waals surface area contributed by atoms with Gasteiger partial charge >= 0.3 is 0 Å². The van der Waals surface area contributed by atoms with Crippen LogP contribution in [0.2, 0.25) is 5.02 Å². The number of hydrogen-bond acceptors (Lipinski definition) is 4. The number of benzene rings is 2. The molecule has 0 atom stereocenters. The monoisotopic (exact) mass is 371 g/mol. The SMILES string of the molecule is Cc1ccc(SCCNc2cnn(-c3ccccc3)c(=O)c2Cl)cc1. The largest absolute Gasteiger partial charge is 0.382 e. The van der Waals surface area contributed by atoms with Gasteiger partial charge < -0.3 is 5.32 Å². The third-order valence-corrected chi connectivity index (χ3v) is 5.01. The average molecular weight is 372 g/mol. The Kier molecular flexibility index (Phi) is 5.79. The summed E-state index contributed by atoms with van der Waals surface area (Å²) < 4.78 is 1.30. The standard InChI is InChI=1S/C19H18ClN3OS/c1-14-7-9-16(10-8-14)25-12-11-21-17-13-22-23(19(24)18(17)20)15-5-3-2-4-6-15/h2-10,13,21H,11-12H2,1H3. The number of nitrogens with zero attached hydrogens (tertiary/aromatic N) is 2. The molecule has 0 unspecified atom stereocenters. The van der Waals surface area contributed by atoms with Crippen molar-refractivity contribution in [3.8, 4) is 5.69 Å². The molecular formula is C19H18ClN3OS. The molecule has 0 saturated carbocycles. The van der Waals surface area contributed by atoms with Crippen LogP contribution in [0.15, 0.2) is 70.5 Å². The van der Waals surface area contributed by atoms with Crippen molar-refractivity contribution in [2.45, 2.75) is 11.8 Å². The Bertz CT molecular complexity index is 895. The molecular weight excluding hydrogens is 354 g/mol. The van der Waals surface area contributed by atoms with E-state index in [2.05, 4.69) is 41.6 Å². The molecule has 0 amide bonds. The lowest BCUT2D eigenvalue weighted by Gasteiger charge is -2.10. The van der Waals surface area contributed by atoms with Crippen LogP contribution in [0.5, 0.6) is 0 Å². The van der Waals surface area contributed by atoms with Crippen LogP contribution < -0.4 is 10.9 Å². The van der Waals surface area contributed by atoms with Gasteiger partial charge in [0.25, 0.3) is 5.56 Å². The molecule has 0 aliphatic rings. The van der Waals surface area contributed by atoms with E-state index in [9.17, 15) is 4.79 Å². The van der Waals surface area contributed by atoms with Gasteiger partial charge in [-0.2, -0.15) is 9.78 Å². The van der Waals surface area contributed by atoms with Crippen LogP contribution in [0.1, 0.15) is 5.56 Å². The summed E-state index contributed by atoms with van der Waals surface area (Å²) in [5.41, 5.74) is 2.17. The Balaban J connectivity index is 1.62. The molecule has 0 aliphatic heterocycles. The van der Waals surface area contributed by atoms with Crippen LogP contribution in [0.25, 0.3) is 5.69 Å². The summed E-state index contributed by atoms with van der Waals surface area (Å²) in [5, 5.41) is 7.54. The number of hydrogen-bond donors (Lipinski definition) is 1. The molecule has 1 heterocycles. The maximum Gasteiger partial charge on any atom is 0.292 e. The quantitative estimate of drug-likeness (QED) is 0.515. The summed E-state index contributed by atoms with van der Waals surface area (Å²) in [7, 11) is 0. The van der Waals surface area contributed by atoms with E-state index in [1.807, 2.05) is 30.3 Å². The molecule has 0 saturated heterocycles. The van der Waals surface area contributed by atoms with Gasteiger partial charge in [0, 0.05) is 17.2 Å². The maximum atomic E-state index is 12.4. The number of thioether (sulfide) groups is 1. The van der Waals surface area contributed by atoms with Crippen LogP contribution in [0.4, 0.5) is 5.69 Å². The fourth-order valence-electron chi connectivity index (χ4n) is 2.30. The van der Waals surface area contributed by atoms with Crippen molar-refractivity contribution < 1.29 is 0 Å². The Hall–Kier alpha value is -2.24. The number of rotatable bonds is 6. The molecule has 0 fully saturated rings. The van der Waals surface area contributed by atoms with Gasteiger partial charge in [-0.05, 0) is 31.2 Å². The Morgan fingerprint density at radius 2 is 1.84 bits per heavy atom. The first-order valence-electron chi connectivity index (χ1n) is 7.92.